The van der Waals surface area contributed by atoms with Gasteiger partial charge in [0, 0.05) is 35.7 Å². The molecule has 108 valence electrons. The predicted molar refractivity (Wildman–Crippen MR) is 80.7 cm³/mol. The summed E-state index contributed by atoms with van der Waals surface area (Å²) in [4.78, 5) is 0. The molecule has 0 radical (unpaired) electrons. The van der Waals surface area contributed by atoms with Gasteiger partial charge in [0.25, 0.3) is 0 Å². The Morgan fingerprint density at radius 3 is 2.63 bits per heavy atom. The molecule has 4 heteroatoms. The van der Waals surface area contributed by atoms with Crippen molar-refractivity contribution in [3.63, 3.8) is 0 Å². The van der Waals surface area contributed by atoms with Crippen molar-refractivity contribution in [3.05, 3.63) is 18.2 Å². The van der Waals surface area contributed by atoms with Gasteiger partial charge in [0.2, 0.25) is 0 Å². The predicted octanol–water partition coefficient (Wildman–Crippen LogP) is 3.02. The minimum atomic E-state index is -0.134. The molecule has 0 amide bonds. The molecular formula is C15H26N2O2. The average molecular weight is 266 g/mol. The molecule has 4 nitrogen and oxygen atoms in total. The molecule has 1 rings (SSSR count). The van der Waals surface area contributed by atoms with Crippen molar-refractivity contribution in [3.8, 4) is 5.75 Å². The van der Waals surface area contributed by atoms with Crippen LogP contribution in [-0.2, 0) is 0 Å². The summed E-state index contributed by atoms with van der Waals surface area (Å²) in [5.74, 6) is 0.784. The van der Waals surface area contributed by atoms with Crippen LogP contribution in [0.4, 0.5) is 11.4 Å². The first-order valence-electron chi connectivity index (χ1n) is 6.95. The van der Waals surface area contributed by atoms with Crippen LogP contribution < -0.4 is 15.8 Å². The Bertz CT molecular complexity index is 396. The van der Waals surface area contributed by atoms with Crippen molar-refractivity contribution in [1.29, 1.82) is 0 Å². The van der Waals surface area contributed by atoms with Crippen LogP contribution >= 0.6 is 0 Å². The minimum Gasteiger partial charge on any atom is -0.493 e. The Morgan fingerprint density at radius 2 is 2.05 bits per heavy atom. The molecule has 0 aliphatic rings. The van der Waals surface area contributed by atoms with Gasteiger partial charge in [-0.25, -0.2) is 0 Å². The number of anilines is 2. The molecule has 0 saturated heterocycles. The fourth-order valence-corrected chi connectivity index (χ4v) is 1.92. The summed E-state index contributed by atoms with van der Waals surface area (Å²) in [6.07, 6.45) is 2.59. The number of aliphatic hydroxyl groups is 1. The van der Waals surface area contributed by atoms with Gasteiger partial charge < -0.3 is 20.9 Å². The fourth-order valence-electron chi connectivity index (χ4n) is 1.92. The Kier molecular flexibility index (Phi) is 5.96. The van der Waals surface area contributed by atoms with Crippen LogP contribution in [0, 0.1) is 0 Å². The third-order valence-electron chi connectivity index (χ3n) is 3.29. The van der Waals surface area contributed by atoms with Crippen LogP contribution in [-0.4, -0.2) is 23.9 Å². The lowest BCUT2D eigenvalue weighted by molar-refractivity contribution is 0.252. The van der Waals surface area contributed by atoms with Crippen LogP contribution in [0.2, 0.25) is 0 Å². The van der Waals surface area contributed by atoms with Gasteiger partial charge in [0.05, 0.1) is 6.61 Å². The van der Waals surface area contributed by atoms with Gasteiger partial charge in [-0.3, -0.25) is 0 Å². The molecule has 0 saturated carbocycles. The van der Waals surface area contributed by atoms with Crippen LogP contribution in [0.5, 0.6) is 5.75 Å². The third kappa shape index (κ3) is 4.99. The van der Waals surface area contributed by atoms with Gasteiger partial charge >= 0.3 is 0 Å². The van der Waals surface area contributed by atoms with Crippen molar-refractivity contribution in [2.24, 2.45) is 0 Å². The first kappa shape index (κ1) is 15.6. The van der Waals surface area contributed by atoms with Crippen molar-refractivity contribution < 1.29 is 9.84 Å². The van der Waals surface area contributed by atoms with E-state index >= 15 is 0 Å². The van der Waals surface area contributed by atoms with Gasteiger partial charge in [-0.2, -0.15) is 0 Å². The fraction of sp³-hybridized carbons (Fsp3) is 0.600. The highest BCUT2D eigenvalue weighted by Crippen LogP contribution is 2.27. The first-order chi connectivity index (χ1) is 9.03. The summed E-state index contributed by atoms with van der Waals surface area (Å²) in [5.41, 5.74) is 7.38. The number of hydrogen-bond donors (Lipinski definition) is 3. The number of rotatable bonds is 8. The lowest BCUT2D eigenvalue weighted by atomic mass is 9.94. The summed E-state index contributed by atoms with van der Waals surface area (Å²) >= 11 is 0. The number of aliphatic hydroxyl groups excluding tert-OH is 1. The Labute approximate surface area is 116 Å². The zero-order chi connectivity index (χ0) is 14.3. The number of benzene rings is 1. The quantitative estimate of drug-likeness (QED) is 0.633. The van der Waals surface area contributed by atoms with Crippen LogP contribution in [0.15, 0.2) is 18.2 Å². The number of nitrogens with two attached hydrogens (primary N) is 1. The SMILES string of the molecule is CCCOc1cc(N)cc(NC(C)(CC)CCO)c1. The van der Waals surface area contributed by atoms with Gasteiger partial charge in [-0.1, -0.05) is 13.8 Å². The second kappa shape index (κ2) is 7.24. The van der Waals surface area contributed by atoms with Gasteiger partial charge in [0.15, 0.2) is 0 Å². The van der Waals surface area contributed by atoms with Crippen LogP contribution in [0.1, 0.15) is 40.0 Å². The molecule has 0 fully saturated rings. The van der Waals surface area contributed by atoms with Crippen molar-refractivity contribution >= 4 is 11.4 Å². The second-order valence-electron chi connectivity index (χ2n) is 5.15. The second-order valence-corrected chi connectivity index (χ2v) is 5.15. The lowest BCUT2D eigenvalue weighted by Crippen LogP contribution is -2.35. The molecule has 1 atom stereocenters. The molecule has 1 aromatic carbocycles. The number of hydrogen-bond acceptors (Lipinski definition) is 4. The normalized spacial score (nSPS) is 13.9. The Hall–Kier alpha value is -1.42. The lowest BCUT2D eigenvalue weighted by Gasteiger charge is -2.30. The molecule has 0 spiro atoms. The summed E-state index contributed by atoms with van der Waals surface area (Å²) in [6.45, 7) is 7.12. The molecule has 19 heavy (non-hydrogen) atoms. The van der Waals surface area contributed by atoms with Gasteiger partial charge in [-0.05, 0) is 32.3 Å². The van der Waals surface area contributed by atoms with Gasteiger partial charge in [-0.15, -0.1) is 0 Å². The van der Waals surface area contributed by atoms with E-state index in [0.29, 0.717) is 18.7 Å². The van der Waals surface area contributed by atoms with Crippen LogP contribution in [0.25, 0.3) is 0 Å². The van der Waals surface area contributed by atoms with E-state index in [9.17, 15) is 0 Å². The molecule has 0 aliphatic heterocycles. The van der Waals surface area contributed by atoms with E-state index in [4.69, 9.17) is 15.6 Å². The monoisotopic (exact) mass is 266 g/mol. The Balaban J connectivity index is 2.84. The first-order valence-corrected chi connectivity index (χ1v) is 6.95. The van der Waals surface area contributed by atoms with E-state index in [0.717, 1.165) is 24.3 Å². The number of ether oxygens (including phenoxy) is 1. The smallest absolute Gasteiger partial charge is 0.123 e. The summed E-state index contributed by atoms with van der Waals surface area (Å²) in [6, 6.07) is 5.68. The van der Waals surface area contributed by atoms with E-state index in [1.165, 1.54) is 0 Å². The van der Waals surface area contributed by atoms with Crippen molar-refractivity contribution in [2.45, 2.75) is 45.6 Å². The van der Waals surface area contributed by atoms with E-state index < -0.39 is 0 Å². The maximum atomic E-state index is 9.15. The van der Waals surface area contributed by atoms with E-state index in [2.05, 4.69) is 26.1 Å². The zero-order valence-corrected chi connectivity index (χ0v) is 12.2. The molecule has 0 bridgehead atoms. The van der Waals surface area contributed by atoms with Crippen molar-refractivity contribution in [2.75, 3.05) is 24.3 Å². The molecule has 0 heterocycles. The number of nitrogen functional groups attached to an aromatic ring is 1. The largest absolute Gasteiger partial charge is 0.493 e. The summed E-state index contributed by atoms with van der Waals surface area (Å²) in [5, 5.41) is 12.6. The molecule has 0 aromatic heterocycles. The average Bonchev–Trinajstić information content (AvgIpc) is 2.36. The van der Waals surface area contributed by atoms with Crippen molar-refractivity contribution in [1.82, 2.24) is 0 Å². The molecule has 1 unspecified atom stereocenters. The third-order valence-corrected chi connectivity index (χ3v) is 3.29. The molecular weight excluding hydrogens is 240 g/mol. The Morgan fingerprint density at radius 1 is 1.32 bits per heavy atom. The standard InChI is InChI=1S/C15H26N2O2/c1-4-8-19-14-10-12(16)9-13(11-14)17-15(3,5-2)6-7-18/h9-11,17-18H,4-8,16H2,1-3H3. The highest BCUT2D eigenvalue weighted by molar-refractivity contribution is 5.60. The zero-order valence-electron chi connectivity index (χ0n) is 12.2. The maximum absolute atomic E-state index is 9.15. The molecule has 4 N–H and O–H groups in total. The molecule has 1 aromatic rings. The van der Waals surface area contributed by atoms with E-state index in [1.54, 1.807) is 0 Å². The van der Waals surface area contributed by atoms with E-state index in [1.807, 2.05) is 18.2 Å². The van der Waals surface area contributed by atoms with Crippen LogP contribution in [0.3, 0.4) is 0 Å². The summed E-state index contributed by atoms with van der Waals surface area (Å²) in [7, 11) is 0. The van der Waals surface area contributed by atoms with E-state index in [-0.39, 0.29) is 12.1 Å². The minimum absolute atomic E-state index is 0.134. The molecule has 0 aliphatic carbocycles. The topological polar surface area (TPSA) is 67.5 Å². The number of nitrogens with one attached hydrogen (secondary N) is 1. The maximum Gasteiger partial charge on any atom is 0.123 e. The highest BCUT2D eigenvalue weighted by atomic mass is 16.5. The summed E-state index contributed by atoms with van der Waals surface area (Å²) < 4.78 is 5.62. The highest BCUT2D eigenvalue weighted by Gasteiger charge is 2.21. The van der Waals surface area contributed by atoms with Gasteiger partial charge in [0.1, 0.15) is 5.75 Å².